The van der Waals surface area contributed by atoms with Crippen LogP contribution in [0.5, 0.6) is 0 Å². The Bertz CT molecular complexity index is 351. The molecule has 13 heavy (non-hydrogen) atoms. The van der Waals surface area contributed by atoms with Gasteiger partial charge in [0.25, 0.3) is 0 Å². The Hall–Kier alpha value is -0.640. The van der Waals surface area contributed by atoms with Gasteiger partial charge >= 0.3 is 0 Å². The van der Waals surface area contributed by atoms with Gasteiger partial charge in [0.15, 0.2) is 6.29 Å². The van der Waals surface area contributed by atoms with Crippen LogP contribution in [-0.2, 0) is 10.3 Å². The summed E-state index contributed by atoms with van der Waals surface area (Å²) in [5.41, 5.74) is 0.863. The van der Waals surface area contributed by atoms with Crippen molar-refractivity contribution in [1.29, 1.82) is 0 Å². The summed E-state index contributed by atoms with van der Waals surface area (Å²) >= 11 is 5.75. The average Bonchev–Trinajstić information content (AvgIpc) is 2.23. The number of hydrogen-bond acceptors (Lipinski definition) is 3. The smallest absolute Gasteiger partial charge is 0.184 e. The third-order valence-corrected chi connectivity index (χ3v) is 2.35. The lowest BCUT2D eigenvalue weighted by molar-refractivity contribution is -0.158. The number of aliphatic hydroxyl groups excluding tert-OH is 1. The Morgan fingerprint density at radius 1 is 1.54 bits per heavy atom. The quantitative estimate of drug-likeness (QED) is 0.650. The van der Waals surface area contributed by atoms with E-state index in [4.69, 9.17) is 16.3 Å². The molecule has 4 heteroatoms. The SMILES string of the molecule is CC1(C)OC(O)c2ccc(Cl)nc21. The maximum absolute atomic E-state index is 9.50. The third kappa shape index (κ3) is 1.33. The zero-order chi connectivity index (χ0) is 9.64. The Morgan fingerprint density at radius 2 is 2.23 bits per heavy atom. The molecule has 0 saturated carbocycles. The van der Waals surface area contributed by atoms with Gasteiger partial charge in [0, 0.05) is 5.56 Å². The Balaban J connectivity index is 2.60. The molecule has 1 unspecified atom stereocenters. The van der Waals surface area contributed by atoms with E-state index in [1.165, 1.54) is 0 Å². The molecular formula is C9H10ClNO2. The molecule has 1 aliphatic rings. The molecule has 0 fully saturated rings. The van der Waals surface area contributed by atoms with Crippen molar-refractivity contribution >= 4 is 11.6 Å². The molecule has 70 valence electrons. The third-order valence-electron chi connectivity index (χ3n) is 2.14. The summed E-state index contributed by atoms with van der Waals surface area (Å²) in [7, 11) is 0. The fraction of sp³-hybridized carbons (Fsp3) is 0.444. The van der Waals surface area contributed by atoms with Gasteiger partial charge in [-0.1, -0.05) is 11.6 Å². The van der Waals surface area contributed by atoms with Gasteiger partial charge in [-0.25, -0.2) is 4.98 Å². The Morgan fingerprint density at radius 3 is 2.92 bits per heavy atom. The number of aromatic nitrogens is 1. The minimum Gasteiger partial charge on any atom is -0.364 e. The lowest BCUT2D eigenvalue weighted by Gasteiger charge is -2.17. The lowest BCUT2D eigenvalue weighted by Crippen LogP contribution is -2.17. The van der Waals surface area contributed by atoms with Crippen LogP contribution in [-0.4, -0.2) is 10.1 Å². The summed E-state index contributed by atoms with van der Waals surface area (Å²) in [5, 5.41) is 9.92. The molecule has 1 aromatic heterocycles. The molecule has 0 spiro atoms. The number of halogens is 1. The molecule has 1 atom stereocenters. The summed E-state index contributed by atoms with van der Waals surface area (Å²) in [4.78, 5) is 4.14. The van der Waals surface area contributed by atoms with E-state index in [9.17, 15) is 5.11 Å². The summed E-state index contributed by atoms with van der Waals surface area (Å²) in [6.45, 7) is 3.71. The Labute approximate surface area is 81.3 Å². The standard InChI is InChI=1S/C9H10ClNO2/c1-9(2)7-5(8(12)13-9)3-4-6(10)11-7/h3-4,8,12H,1-2H3. The molecule has 2 rings (SSSR count). The van der Waals surface area contributed by atoms with Crippen molar-refractivity contribution in [3.63, 3.8) is 0 Å². The van der Waals surface area contributed by atoms with Crippen molar-refractivity contribution in [3.8, 4) is 0 Å². The fourth-order valence-electron chi connectivity index (χ4n) is 1.53. The van der Waals surface area contributed by atoms with Crippen molar-refractivity contribution in [1.82, 2.24) is 4.98 Å². The zero-order valence-electron chi connectivity index (χ0n) is 7.41. The summed E-state index contributed by atoms with van der Waals surface area (Å²) in [6, 6.07) is 3.39. The summed E-state index contributed by atoms with van der Waals surface area (Å²) < 4.78 is 5.31. The van der Waals surface area contributed by atoms with Crippen LogP contribution in [0.25, 0.3) is 0 Å². The minimum absolute atomic E-state index is 0.421. The first-order valence-corrected chi connectivity index (χ1v) is 4.41. The number of nitrogens with zero attached hydrogens (tertiary/aromatic N) is 1. The molecule has 0 aromatic carbocycles. The van der Waals surface area contributed by atoms with Crippen LogP contribution in [0.4, 0.5) is 0 Å². The Kier molecular flexibility index (Phi) is 1.84. The largest absolute Gasteiger partial charge is 0.364 e. The van der Waals surface area contributed by atoms with E-state index in [0.29, 0.717) is 16.4 Å². The molecule has 0 amide bonds. The van der Waals surface area contributed by atoms with Gasteiger partial charge in [0.2, 0.25) is 0 Å². The molecule has 3 nitrogen and oxygen atoms in total. The molecule has 1 aliphatic heterocycles. The molecular weight excluding hydrogens is 190 g/mol. The van der Waals surface area contributed by atoms with E-state index in [0.717, 1.165) is 0 Å². The molecule has 0 saturated heterocycles. The van der Waals surface area contributed by atoms with E-state index < -0.39 is 11.9 Å². The van der Waals surface area contributed by atoms with Gasteiger partial charge < -0.3 is 9.84 Å². The van der Waals surface area contributed by atoms with Crippen LogP contribution >= 0.6 is 11.6 Å². The molecule has 1 aromatic rings. The number of rotatable bonds is 0. The predicted molar refractivity (Wildman–Crippen MR) is 48.3 cm³/mol. The number of fused-ring (bicyclic) bond motifs is 1. The highest BCUT2D eigenvalue weighted by atomic mass is 35.5. The average molecular weight is 200 g/mol. The highest BCUT2D eigenvalue weighted by molar-refractivity contribution is 6.29. The van der Waals surface area contributed by atoms with Crippen LogP contribution in [0.3, 0.4) is 0 Å². The van der Waals surface area contributed by atoms with Crippen molar-refractivity contribution in [3.05, 3.63) is 28.5 Å². The van der Waals surface area contributed by atoms with Gasteiger partial charge in [0.1, 0.15) is 10.8 Å². The van der Waals surface area contributed by atoms with Crippen molar-refractivity contribution in [2.24, 2.45) is 0 Å². The van der Waals surface area contributed by atoms with Crippen LogP contribution in [0.1, 0.15) is 31.4 Å². The minimum atomic E-state index is -0.880. The van der Waals surface area contributed by atoms with Gasteiger partial charge in [-0.2, -0.15) is 0 Å². The molecule has 1 N–H and O–H groups in total. The molecule has 0 bridgehead atoms. The van der Waals surface area contributed by atoms with Gasteiger partial charge in [-0.05, 0) is 26.0 Å². The number of pyridine rings is 1. The zero-order valence-corrected chi connectivity index (χ0v) is 8.17. The first kappa shape index (κ1) is 8.94. The van der Waals surface area contributed by atoms with Gasteiger partial charge in [-0.15, -0.1) is 0 Å². The second kappa shape index (κ2) is 2.67. The maximum atomic E-state index is 9.50. The molecule has 2 heterocycles. The van der Waals surface area contributed by atoms with E-state index in [2.05, 4.69) is 4.98 Å². The van der Waals surface area contributed by atoms with E-state index in [1.54, 1.807) is 12.1 Å². The second-order valence-corrected chi connectivity index (χ2v) is 3.94. The van der Waals surface area contributed by atoms with E-state index in [-0.39, 0.29) is 0 Å². The maximum Gasteiger partial charge on any atom is 0.184 e. The topological polar surface area (TPSA) is 42.4 Å². The van der Waals surface area contributed by atoms with Crippen molar-refractivity contribution < 1.29 is 9.84 Å². The molecule has 0 radical (unpaired) electrons. The highest BCUT2D eigenvalue weighted by Gasteiger charge is 2.38. The summed E-state index contributed by atoms with van der Waals surface area (Å²) in [6.07, 6.45) is -0.880. The monoisotopic (exact) mass is 199 g/mol. The molecule has 0 aliphatic carbocycles. The van der Waals surface area contributed by atoms with Crippen LogP contribution in [0.15, 0.2) is 12.1 Å². The second-order valence-electron chi connectivity index (χ2n) is 3.55. The number of hydrogen-bond donors (Lipinski definition) is 1. The lowest BCUT2D eigenvalue weighted by atomic mass is 10.0. The first-order valence-electron chi connectivity index (χ1n) is 4.03. The van der Waals surface area contributed by atoms with Crippen LogP contribution in [0, 0.1) is 0 Å². The van der Waals surface area contributed by atoms with Gasteiger partial charge in [0.05, 0.1) is 5.69 Å². The van der Waals surface area contributed by atoms with Crippen molar-refractivity contribution in [2.45, 2.75) is 25.7 Å². The predicted octanol–water partition coefficient (Wildman–Crippen LogP) is 1.99. The van der Waals surface area contributed by atoms with Crippen molar-refractivity contribution in [2.75, 3.05) is 0 Å². The first-order chi connectivity index (χ1) is 6.00. The number of aliphatic hydroxyl groups is 1. The van der Waals surface area contributed by atoms with Crippen LogP contribution in [0.2, 0.25) is 5.15 Å². The summed E-state index contributed by atoms with van der Waals surface area (Å²) in [5.74, 6) is 0. The van der Waals surface area contributed by atoms with E-state index in [1.807, 2.05) is 13.8 Å². The van der Waals surface area contributed by atoms with Gasteiger partial charge in [-0.3, -0.25) is 0 Å². The highest BCUT2D eigenvalue weighted by Crippen LogP contribution is 2.40. The van der Waals surface area contributed by atoms with E-state index >= 15 is 0 Å². The normalized spacial score (nSPS) is 24.5. The van der Waals surface area contributed by atoms with Crippen LogP contribution < -0.4 is 0 Å². The fourth-order valence-corrected chi connectivity index (χ4v) is 1.67. The number of ether oxygens (including phenoxy) is 1.